The molecular weight excluding hydrogens is 445 g/mol. The van der Waals surface area contributed by atoms with Crippen molar-refractivity contribution in [2.75, 3.05) is 5.32 Å². The molecular formula is C26H27F3N2O3. The van der Waals surface area contributed by atoms with E-state index in [0.717, 1.165) is 18.9 Å². The number of carbonyl (C=O) groups excluding carboxylic acids is 2. The Labute approximate surface area is 196 Å². The average Bonchev–Trinajstić information content (AvgIpc) is 3.02. The number of aliphatic hydroxyl groups excluding tert-OH is 1. The van der Waals surface area contributed by atoms with Crippen LogP contribution in [0.2, 0.25) is 0 Å². The zero-order valence-corrected chi connectivity index (χ0v) is 18.8. The summed E-state index contributed by atoms with van der Waals surface area (Å²) in [5, 5.41) is 15.8. The van der Waals surface area contributed by atoms with Gasteiger partial charge in [0.15, 0.2) is 0 Å². The van der Waals surface area contributed by atoms with Crippen molar-refractivity contribution in [3.05, 3.63) is 76.6 Å². The second kappa shape index (κ2) is 9.16. The average molecular weight is 473 g/mol. The van der Waals surface area contributed by atoms with Gasteiger partial charge in [-0.15, -0.1) is 0 Å². The van der Waals surface area contributed by atoms with Crippen molar-refractivity contribution in [1.29, 1.82) is 0 Å². The van der Waals surface area contributed by atoms with Crippen molar-refractivity contribution in [3.8, 4) is 0 Å². The molecule has 0 radical (unpaired) electrons. The highest BCUT2D eigenvalue weighted by molar-refractivity contribution is 6.24. The second-order valence-electron chi connectivity index (χ2n) is 9.25. The van der Waals surface area contributed by atoms with Gasteiger partial charge in [0.25, 0.3) is 11.8 Å². The Morgan fingerprint density at radius 2 is 1.74 bits per heavy atom. The minimum Gasteiger partial charge on any atom is -0.509 e. The Morgan fingerprint density at radius 1 is 1.09 bits per heavy atom. The summed E-state index contributed by atoms with van der Waals surface area (Å²) < 4.78 is 40.2. The molecule has 1 aliphatic carbocycles. The summed E-state index contributed by atoms with van der Waals surface area (Å²) in [4.78, 5) is 25.4. The molecule has 1 fully saturated rings. The molecule has 0 spiro atoms. The number of hydrogen-bond donors (Lipinski definition) is 3. The van der Waals surface area contributed by atoms with Crippen molar-refractivity contribution in [2.24, 2.45) is 0 Å². The third-order valence-corrected chi connectivity index (χ3v) is 6.71. The zero-order valence-electron chi connectivity index (χ0n) is 18.8. The first-order chi connectivity index (χ1) is 16.1. The molecule has 2 aromatic rings. The third kappa shape index (κ3) is 4.81. The van der Waals surface area contributed by atoms with Crippen molar-refractivity contribution in [2.45, 2.75) is 63.1 Å². The van der Waals surface area contributed by atoms with Gasteiger partial charge in [-0.05, 0) is 55.0 Å². The van der Waals surface area contributed by atoms with Crippen molar-refractivity contribution in [3.63, 3.8) is 0 Å². The molecule has 3 N–H and O–H groups in total. The molecule has 2 amide bonds. The van der Waals surface area contributed by atoms with Crippen LogP contribution < -0.4 is 10.6 Å². The quantitative estimate of drug-likeness (QED) is 0.493. The number of aliphatic hydroxyl groups is 1. The molecule has 0 saturated heterocycles. The van der Waals surface area contributed by atoms with Crippen LogP contribution in [0.5, 0.6) is 0 Å². The Balaban J connectivity index is 1.52. The van der Waals surface area contributed by atoms with Gasteiger partial charge in [-0.25, -0.2) is 0 Å². The highest BCUT2D eigenvalue weighted by atomic mass is 19.4. The van der Waals surface area contributed by atoms with Gasteiger partial charge in [-0.3, -0.25) is 9.59 Å². The molecule has 4 rings (SSSR count). The van der Waals surface area contributed by atoms with Crippen LogP contribution in [-0.2, 0) is 22.2 Å². The predicted octanol–water partition coefficient (Wildman–Crippen LogP) is 5.63. The fourth-order valence-corrected chi connectivity index (χ4v) is 4.89. The van der Waals surface area contributed by atoms with Gasteiger partial charge < -0.3 is 15.7 Å². The Morgan fingerprint density at radius 3 is 2.38 bits per heavy atom. The molecule has 1 heterocycles. The van der Waals surface area contributed by atoms with E-state index < -0.39 is 40.4 Å². The molecule has 1 atom stereocenters. The van der Waals surface area contributed by atoms with E-state index in [9.17, 15) is 27.9 Å². The molecule has 2 aliphatic rings. The summed E-state index contributed by atoms with van der Waals surface area (Å²) in [6.07, 6.45) is 1.04. The molecule has 1 aliphatic heterocycles. The minimum absolute atomic E-state index is 0.0932. The van der Waals surface area contributed by atoms with Gasteiger partial charge in [-0.2, -0.15) is 13.2 Å². The predicted molar refractivity (Wildman–Crippen MR) is 122 cm³/mol. The van der Waals surface area contributed by atoms with Gasteiger partial charge in [0.1, 0.15) is 11.3 Å². The molecule has 1 unspecified atom stereocenters. The number of benzene rings is 2. The summed E-state index contributed by atoms with van der Waals surface area (Å²) in [5.41, 5.74) is -1.32. The number of rotatable bonds is 5. The molecule has 2 aromatic carbocycles. The lowest BCUT2D eigenvalue weighted by Gasteiger charge is -2.26. The summed E-state index contributed by atoms with van der Waals surface area (Å²) >= 11 is 0. The van der Waals surface area contributed by atoms with Gasteiger partial charge in [-0.1, -0.05) is 49.6 Å². The Hall–Kier alpha value is -3.29. The zero-order chi connectivity index (χ0) is 24.5. The first kappa shape index (κ1) is 23.9. The van der Waals surface area contributed by atoms with Crippen LogP contribution in [0.25, 0.3) is 0 Å². The summed E-state index contributed by atoms with van der Waals surface area (Å²) in [6, 6.07) is 12.4. The number of carbonyl (C=O) groups is 2. The minimum atomic E-state index is -4.58. The topological polar surface area (TPSA) is 78.4 Å². The largest absolute Gasteiger partial charge is 0.509 e. The lowest BCUT2D eigenvalue weighted by atomic mass is 9.84. The Kier molecular flexibility index (Phi) is 6.43. The number of alkyl halides is 3. The van der Waals surface area contributed by atoms with E-state index in [1.54, 1.807) is 12.1 Å². The van der Waals surface area contributed by atoms with Gasteiger partial charge in [0.2, 0.25) is 0 Å². The molecule has 0 bridgehead atoms. The normalized spacial score (nSPS) is 21.5. The van der Waals surface area contributed by atoms with E-state index in [1.165, 1.54) is 49.9 Å². The third-order valence-electron chi connectivity index (χ3n) is 6.71. The first-order valence-corrected chi connectivity index (χ1v) is 11.4. The molecule has 0 aromatic heterocycles. The smallest absolute Gasteiger partial charge is 0.416 e. The van der Waals surface area contributed by atoms with Crippen LogP contribution in [0.4, 0.5) is 18.9 Å². The van der Waals surface area contributed by atoms with E-state index >= 15 is 0 Å². The molecule has 34 heavy (non-hydrogen) atoms. The van der Waals surface area contributed by atoms with Crippen LogP contribution in [-0.4, -0.2) is 22.5 Å². The summed E-state index contributed by atoms with van der Waals surface area (Å²) in [6.45, 7) is 1.40. The van der Waals surface area contributed by atoms with E-state index in [0.29, 0.717) is 11.6 Å². The fraction of sp³-hybridized carbons (Fsp3) is 0.385. The summed E-state index contributed by atoms with van der Waals surface area (Å²) in [7, 11) is 0. The van der Waals surface area contributed by atoms with Crippen LogP contribution in [0.3, 0.4) is 0 Å². The lowest BCUT2D eigenvalue weighted by molar-refractivity contribution is -0.138. The van der Waals surface area contributed by atoms with Crippen molar-refractivity contribution in [1.82, 2.24) is 5.32 Å². The van der Waals surface area contributed by atoms with E-state index in [4.69, 9.17) is 0 Å². The van der Waals surface area contributed by atoms with E-state index in [-0.39, 0.29) is 12.0 Å². The van der Waals surface area contributed by atoms with Crippen molar-refractivity contribution >= 4 is 17.5 Å². The number of nitrogens with one attached hydrogen (secondary N) is 2. The van der Waals surface area contributed by atoms with Gasteiger partial charge in [0.05, 0.1) is 11.1 Å². The molecule has 1 saturated carbocycles. The van der Waals surface area contributed by atoms with Crippen LogP contribution in [0.15, 0.2) is 59.9 Å². The fourth-order valence-electron chi connectivity index (χ4n) is 4.89. The monoisotopic (exact) mass is 472 g/mol. The van der Waals surface area contributed by atoms with Crippen LogP contribution in [0, 0.1) is 0 Å². The highest BCUT2D eigenvalue weighted by Gasteiger charge is 2.46. The number of hydrogen-bond acceptors (Lipinski definition) is 3. The van der Waals surface area contributed by atoms with Crippen molar-refractivity contribution < 1.29 is 27.9 Å². The van der Waals surface area contributed by atoms with Crippen LogP contribution >= 0.6 is 0 Å². The first-order valence-electron chi connectivity index (χ1n) is 11.4. The summed E-state index contributed by atoms with van der Waals surface area (Å²) in [5.74, 6) is -1.72. The van der Waals surface area contributed by atoms with Gasteiger partial charge in [0, 0.05) is 12.1 Å². The SMILES string of the molecule is CC1(Cc2ccccc2C(F)(F)F)NC(=O)C(C(=O)Nc2ccc(C3CCCCC3)cc2)=C1O. The maximum Gasteiger partial charge on any atom is 0.416 e. The number of anilines is 1. The highest BCUT2D eigenvalue weighted by Crippen LogP contribution is 2.37. The molecule has 8 heteroatoms. The lowest BCUT2D eigenvalue weighted by Crippen LogP contribution is -2.44. The Bertz CT molecular complexity index is 1120. The standard InChI is InChI=1S/C26H27F3N2O3/c1-25(15-18-9-5-6-10-20(18)26(27,28)29)22(32)21(24(34)31-25)23(33)30-19-13-11-17(12-14-19)16-7-3-2-4-8-16/h5-6,9-14,16,32H,2-4,7-8,15H2,1H3,(H,30,33)(H,31,34). The van der Waals surface area contributed by atoms with Crippen LogP contribution in [0.1, 0.15) is 61.6 Å². The molecule has 180 valence electrons. The van der Waals surface area contributed by atoms with E-state index in [1.807, 2.05) is 12.1 Å². The van der Waals surface area contributed by atoms with E-state index in [2.05, 4.69) is 10.6 Å². The van der Waals surface area contributed by atoms with Gasteiger partial charge >= 0.3 is 6.18 Å². The number of halogens is 3. The maximum absolute atomic E-state index is 13.4. The molecule has 5 nitrogen and oxygen atoms in total. The second-order valence-corrected chi connectivity index (χ2v) is 9.25. The number of amides is 2. The maximum atomic E-state index is 13.4.